The van der Waals surface area contributed by atoms with Crippen LogP contribution in [0.1, 0.15) is 56.4 Å². The molecular formula is C35H45N3O5. The molecule has 1 aromatic heterocycles. The number of para-hydroxylation sites is 1. The Balaban J connectivity index is 1.35. The van der Waals surface area contributed by atoms with Gasteiger partial charge in [0.25, 0.3) is 0 Å². The molecule has 3 aromatic rings. The number of methoxy groups -OCH3 is 1. The van der Waals surface area contributed by atoms with Crippen molar-refractivity contribution < 1.29 is 23.7 Å². The zero-order valence-corrected chi connectivity index (χ0v) is 26.4. The number of hydrogen-bond acceptors (Lipinski definition) is 8. The average Bonchev–Trinajstić information content (AvgIpc) is 2.99. The van der Waals surface area contributed by atoms with Gasteiger partial charge in [0.05, 0.1) is 24.8 Å². The van der Waals surface area contributed by atoms with Gasteiger partial charge in [-0.25, -0.2) is 4.98 Å². The van der Waals surface area contributed by atoms with Crippen LogP contribution in [0.25, 0.3) is 11.3 Å². The molecule has 0 saturated carbocycles. The number of aryl methyl sites for hydroxylation is 1. The first kappa shape index (κ1) is 30.8. The quantitative estimate of drug-likeness (QED) is 0.312. The van der Waals surface area contributed by atoms with Gasteiger partial charge < -0.3 is 29.2 Å². The number of rotatable bonds is 9. The lowest BCUT2D eigenvalue weighted by molar-refractivity contribution is -0.166. The van der Waals surface area contributed by atoms with E-state index in [9.17, 15) is 4.79 Å². The maximum atomic E-state index is 13.0. The predicted molar refractivity (Wildman–Crippen MR) is 169 cm³/mol. The van der Waals surface area contributed by atoms with E-state index in [1.165, 1.54) is 11.1 Å². The summed E-state index contributed by atoms with van der Waals surface area (Å²) in [6.45, 7) is 13.7. The Kier molecular flexibility index (Phi) is 9.57. The van der Waals surface area contributed by atoms with E-state index >= 15 is 0 Å². The molecule has 2 aromatic carbocycles. The summed E-state index contributed by atoms with van der Waals surface area (Å²) in [6, 6.07) is 16.6. The fraction of sp³-hybridized carbons (Fsp3) is 0.486. The van der Waals surface area contributed by atoms with Crippen molar-refractivity contribution in [3.05, 3.63) is 70.8 Å². The molecule has 2 aliphatic rings. The number of carbonyl (C=O) groups is 1. The van der Waals surface area contributed by atoms with Crippen molar-refractivity contribution in [2.24, 2.45) is 5.92 Å². The second kappa shape index (κ2) is 13.3. The van der Waals surface area contributed by atoms with Crippen molar-refractivity contribution in [1.29, 1.82) is 0 Å². The number of nitrogens with one attached hydrogen (secondary N) is 1. The summed E-state index contributed by atoms with van der Waals surface area (Å²) in [5.41, 5.74) is 5.94. The van der Waals surface area contributed by atoms with E-state index in [4.69, 9.17) is 23.9 Å². The summed E-state index contributed by atoms with van der Waals surface area (Å²) in [4.78, 5) is 20.2. The molecule has 0 amide bonds. The highest BCUT2D eigenvalue weighted by molar-refractivity contribution is 5.74. The molecule has 43 heavy (non-hydrogen) atoms. The van der Waals surface area contributed by atoms with Crippen molar-refractivity contribution in [3.63, 3.8) is 0 Å². The van der Waals surface area contributed by atoms with E-state index in [0.29, 0.717) is 32.7 Å². The molecule has 3 heterocycles. The summed E-state index contributed by atoms with van der Waals surface area (Å²) < 4.78 is 24.0. The molecule has 8 nitrogen and oxygen atoms in total. The summed E-state index contributed by atoms with van der Waals surface area (Å²) in [7, 11) is 1.73. The molecule has 5 rings (SSSR count). The van der Waals surface area contributed by atoms with E-state index in [1.54, 1.807) is 7.11 Å². The summed E-state index contributed by atoms with van der Waals surface area (Å²) in [5.74, 6) is 2.09. The lowest BCUT2D eigenvalue weighted by Gasteiger charge is -2.38. The number of anilines is 1. The van der Waals surface area contributed by atoms with Crippen LogP contribution in [0.15, 0.2) is 48.5 Å². The van der Waals surface area contributed by atoms with Crippen LogP contribution in [0.3, 0.4) is 0 Å². The van der Waals surface area contributed by atoms with Crippen molar-refractivity contribution >= 4 is 11.8 Å². The molecule has 1 N–H and O–H groups in total. The van der Waals surface area contributed by atoms with E-state index in [0.717, 1.165) is 59.2 Å². The van der Waals surface area contributed by atoms with Gasteiger partial charge in [0.2, 0.25) is 0 Å². The second-order valence-corrected chi connectivity index (χ2v) is 12.4. The first-order valence-corrected chi connectivity index (χ1v) is 15.4. The minimum atomic E-state index is -0.530. The van der Waals surface area contributed by atoms with Crippen LogP contribution in [-0.2, 0) is 33.8 Å². The molecule has 8 heteroatoms. The van der Waals surface area contributed by atoms with Crippen LogP contribution in [-0.4, -0.2) is 56.0 Å². The zero-order chi connectivity index (χ0) is 30.6. The minimum absolute atomic E-state index is 0.193. The molecule has 230 valence electrons. The van der Waals surface area contributed by atoms with Crippen molar-refractivity contribution in [1.82, 2.24) is 10.3 Å². The van der Waals surface area contributed by atoms with Gasteiger partial charge in [-0.3, -0.25) is 4.79 Å². The summed E-state index contributed by atoms with van der Waals surface area (Å²) in [6.07, 6.45) is 1.36. The van der Waals surface area contributed by atoms with Crippen molar-refractivity contribution in [2.75, 3.05) is 38.3 Å². The maximum Gasteiger partial charge on any atom is 0.312 e. The lowest BCUT2D eigenvalue weighted by Crippen LogP contribution is -2.49. The number of esters is 1. The largest absolute Gasteiger partial charge is 0.496 e. The fourth-order valence-electron chi connectivity index (χ4n) is 6.00. The number of carbonyl (C=O) groups excluding carboxylic acids is 1. The van der Waals surface area contributed by atoms with Crippen LogP contribution < -0.4 is 19.7 Å². The number of ether oxygens (including phenoxy) is 4. The van der Waals surface area contributed by atoms with Gasteiger partial charge in [-0.15, -0.1) is 0 Å². The Labute approximate surface area is 255 Å². The Morgan fingerprint density at radius 2 is 1.95 bits per heavy atom. The van der Waals surface area contributed by atoms with Gasteiger partial charge in [0, 0.05) is 37.4 Å². The van der Waals surface area contributed by atoms with Gasteiger partial charge in [0.1, 0.15) is 29.5 Å². The van der Waals surface area contributed by atoms with E-state index in [1.807, 2.05) is 52.0 Å². The molecule has 0 unspecified atom stereocenters. The van der Waals surface area contributed by atoms with Crippen LogP contribution in [0.2, 0.25) is 0 Å². The molecule has 1 fully saturated rings. The molecule has 2 aliphatic heterocycles. The number of hydrogen-bond donors (Lipinski definition) is 1. The fourth-order valence-corrected chi connectivity index (χ4v) is 6.00. The summed E-state index contributed by atoms with van der Waals surface area (Å²) in [5, 5.41) is 3.43. The zero-order valence-electron chi connectivity index (χ0n) is 26.4. The molecule has 0 bridgehead atoms. The normalized spacial score (nSPS) is 18.6. The Bertz CT molecular complexity index is 1420. The summed E-state index contributed by atoms with van der Waals surface area (Å²) >= 11 is 0. The van der Waals surface area contributed by atoms with Crippen LogP contribution in [0.5, 0.6) is 11.5 Å². The number of nitrogens with zero attached hydrogens (tertiary/aromatic N) is 2. The lowest BCUT2D eigenvalue weighted by atomic mass is 9.93. The van der Waals surface area contributed by atoms with E-state index < -0.39 is 5.60 Å². The van der Waals surface area contributed by atoms with Crippen LogP contribution >= 0.6 is 0 Å². The third-order valence-electron chi connectivity index (χ3n) is 8.03. The van der Waals surface area contributed by atoms with Gasteiger partial charge in [-0.05, 0) is 95.0 Å². The van der Waals surface area contributed by atoms with Gasteiger partial charge in [-0.1, -0.05) is 24.3 Å². The van der Waals surface area contributed by atoms with Crippen LogP contribution in [0.4, 0.5) is 5.82 Å². The number of fused-ring (bicyclic) bond motifs is 1. The highest BCUT2D eigenvalue weighted by atomic mass is 16.6. The highest BCUT2D eigenvalue weighted by Crippen LogP contribution is 2.35. The smallest absolute Gasteiger partial charge is 0.312 e. The monoisotopic (exact) mass is 587 g/mol. The van der Waals surface area contributed by atoms with Gasteiger partial charge in [-0.2, -0.15) is 0 Å². The SMILES string of the molecule is CCO[C@H]1CN(c2cccc(-c3cccc(C)c3OCc3cc4c(c(OC)c3)CNCC4)n2)CC[C@H]1C(=O)OC(C)(C)C. The average molecular weight is 588 g/mol. The standard InChI is InChI=1S/C35H45N3O5/c1-7-41-31-21-38(17-15-27(31)34(39)43-35(3,4)5)32-13-9-12-29(37-32)26-11-8-10-23(2)33(26)42-22-24-18-25-14-16-36-20-28(25)30(19-24)40-6/h8-13,18-19,27,31,36H,7,14-17,20-22H2,1-6H3/t27-,31+/m1/s1. The number of aromatic nitrogens is 1. The molecule has 0 radical (unpaired) electrons. The molecule has 0 aliphatic carbocycles. The van der Waals surface area contributed by atoms with Crippen molar-refractivity contribution in [3.8, 4) is 22.8 Å². The van der Waals surface area contributed by atoms with E-state index in [-0.39, 0.29) is 18.0 Å². The number of pyridine rings is 1. The predicted octanol–water partition coefficient (Wildman–Crippen LogP) is 5.86. The van der Waals surface area contributed by atoms with E-state index in [2.05, 4.69) is 41.4 Å². The van der Waals surface area contributed by atoms with Crippen LogP contribution in [0, 0.1) is 12.8 Å². The van der Waals surface area contributed by atoms with Crippen molar-refractivity contribution in [2.45, 2.75) is 72.3 Å². The number of piperidine rings is 1. The Morgan fingerprint density at radius 1 is 1.14 bits per heavy atom. The molecule has 1 saturated heterocycles. The van der Waals surface area contributed by atoms with Gasteiger partial charge >= 0.3 is 5.97 Å². The maximum absolute atomic E-state index is 13.0. The number of benzene rings is 2. The molecular weight excluding hydrogens is 542 g/mol. The third kappa shape index (κ3) is 7.31. The minimum Gasteiger partial charge on any atom is -0.496 e. The second-order valence-electron chi connectivity index (χ2n) is 12.4. The van der Waals surface area contributed by atoms with Gasteiger partial charge in [0.15, 0.2) is 0 Å². The first-order valence-electron chi connectivity index (χ1n) is 15.4. The first-order chi connectivity index (χ1) is 20.7. The highest BCUT2D eigenvalue weighted by Gasteiger charge is 2.38. The molecule has 0 spiro atoms. The third-order valence-corrected chi connectivity index (χ3v) is 8.03. The topological polar surface area (TPSA) is 82.2 Å². The molecule has 2 atom stereocenters. The Hall–Kier alpha value is -3.62. The Morgan fingerprint density at radius 3 is 2.72 bits per heavy atom.